The van der Waals surface area contributed by atoms with E-state index in [-0.39, 0.29) is 49.9 Å². The molecule has 11 heteroatoms. The first-order valence-electron chi connectivity index (χ1n) is 11.8. The molecule has 2 aromatic rings. The third-order valence-electron chi connectivity index (χ3n) is 5.79. The van der Waals surface area contributed by atoms with E-state index < -0.39 is 35.4 Å². The van der Waals surface area contributed by atoms with Crippen LogP contribution in [0.2, 0.25) is 0 Å². The maximum atomic E-state index is 13.6. The minimum Gasteiger partial charge on any atom is -0.508 e. The van der Waals surface area contributed by atoms with Gasteiger partial charge in [-0.05, 0) is 48.9 Å². The highest BCUT2D eigenvalue weighted by Gasteiger charge is 2.34. The number of ketones is 2. The van der Waals surface area contributed by atoms with E-state index in [0.717, 1.165) is 5.56 Å². The van der Waals surface area contributed by atoms with E-state index in [1.165, 1.54) is 12.1 Å². The summed E-state index contributed by atoms with van der Waals surface area (Å²) in [6, 6.07) is 14.0. The first kappa shape index (κ1) is 28.8. The van der Waals surface area contributed by atoms with Gasteiger partial charge in [-0.1, -0.05) is 42.5 Å². The zero-order valence-electron chi connectivity index (χ0n) is 20.5. The average molecular weight is 511 g/mol. The van der Waals surface area contributed by atoms with Crippen LogP contribution in [0.1, 0.15) is 30.4 Å². The van der Waals surface area contributed by atoms with E-state index in [0.29, 0.717) is 12.0 Å². The molecule has 0 aliphatic rings. The summed E-state index contributed by atoms with van der Waals surface area (Å²) >= 11 is 0. The van der Waals surface area contributed by atoms with Crippen molar-refractivity contribution in [3.05, 3.63) is 65.7 Å². The molecule has 0 bridgehead atoms. The lowest BCUT2D eigenvalue weighted by Crippen LogP contribution is -2.38. The molecule has 198 valence electrons. The summed E-state index contributed by atoms with van der Waals surface area (Å²) in [6.07, 6.45) is 0.343. The second-order valence-corrected chi connectivity index (χ2v) is 8.74. The standard InChI is InChI=1S/C26H34N6O5/c27-25(28)31-12-4-7-21(32-26(29)30)23(35)20(14-17-8-10-19(33)11-9-17)22(34)15-18(24(36)37)13-16-5-2-1-3-6-16/h1-3,5-6,8-11,18,20-21,33H,4,7,12-15H2,(H,36,37)(H4,27,28,31)(H4,29,30,32)/t18-,20?,21?/m1/s1. The number of aliphatic carboxylic acids is 1. The molecule has 0 amide bonds. The van der Waals surface area contributed by atoms with Gasteiger partial charge >= 0.3 is 5.97 Å². The average Bonchev–Trinajstić information content (AvgIpc) is 2.84. The molecule has 2 aromatic carbocycles. The van der Waals surface area contributed by atoms with Crippen molar-refractivity contribution < 1.29 is 24.6 Å². The molecule has 0 saturated carbocycles. The Labute approximate surface area is 215 Å². The number of carbonyl (C=O) groups is 3. The van der Waals surface area contributed by atoms with Crippen molar-refractivity contribution in [2.75, 3.05) is 6.54 Å². The number of carboxylic acids is 1. The fourth-order valence-electron chi connectivity index (χ4n) is 3.95. The summed E-state index contributed by atoms with van der Waals surface area (Å²) in [5, 5.41) is 19.4. The molecule has 37 heavy (non-hydrogen) atoms. The zero-order valence-corrected chi connectivity index (χ0v) is 20.5. The highest BCUT2D eigenvalue weighted by atomic mass is 16.4. The van der Waals surface area contributed by atoms with Crippen LogP contribution in [0.4, 0.5) is 0 Å². The number of phenols is 1. The predicted molar refractivity (Wildman–Crippen MR) is 141 cm³/mol. The molecule has 0 aliphatic heterocycles. The lowest BCUT2D eigenvalue weighted by molar-refractivity contribution is -0.145. The second-order valence-electron chi connectivity index (χ2n) is 8.74. The van der Waals surface area contributed by atoms with Crippen molar-refractivity contribution in [3.8, 4) is 5.75 Å². The normalized spacial score (nSPS) is 13.1. The summed E-state index contributed by atoms with van der Waals surface area (Å²) in [5.41, 5.74) is 23.2. The molecule has 0 heterocycles. The number of aromatic hydroxyl groups is 1. The molecule has 0 fully saturated rings. The van der Waals surface area contributed by atoms with E-state index in [9.17, 15) is 24.6 Å². The number of rotatable bonds is 15. The number of hydrogen-bond donors (Lipinski definition) is 6. The topological polar surface area (TPSA) is 220 Å². The van der Waals surface area contributed by atoms with Crippen molar-refractivity contribution in [2.45, 2.75) is 38.1 Å². The number of benzene rings is 2. The number of nitrogens with zero attached hydrogens (tertiary/aromatic N) is 2. The maximum Gasteiger partial charge on any atom is 0.307 e. The van der Waals surface area contributed by atoms with E-state index in [4.69, 9.17) is 22.9 Å². The van der Waals surface area contributed by atoms with Crippen molar-refractivity contribution in [1.29, 1.82) is 0 Å². The molecule has 0 aliphatic carbocycles. The van der Waals surface area contributed by atoms with E-state index in [1.807, 2.05) is 6.07 Å². The number of hydrogen-bond acceptors (Lipinski definition) is 6. The number of aliphatic imine (C=N–C) groups is 2. The number of carboxylic acid groups (broad SMARTS) is 1. The molecule has 0 saturated heterocycles. The fraction of sp³-hybridized carbons (Fsp3) is 0.346. The highest BCUT2D eigenvalue weighted by Crippen LogP contribution is 2.23. The molecule has 2 unspecified atom stereocenters. The van der Waals surface area contributed by atoms with Gasteiger partial charge in [0.2, 0.25) is 0 Å². The van der Waals surface area contributed by atoms with Crippen LogP contribution in [0, 0.1) is 11.8 Å². The van der Waals surface area contributed by atoms with Gasteiger partial charge in [0.1, 0.15) is 17.6 Å². The Balaban J connectivity index is 2.32. The van der Waals surface area contributed by atoms with Gasteiger partial charge in [0.25, 0.3) is 0 Å². The molecule has 0 radical (unpaired) electrons. The minimum absolute atomic E-state index is 0.0000197. The molecule has 11 nitrogen and oxygen atoms in total. The fourth-order valence-corrected chi connectivity index (χ4v) is 3.95. The Bertz CT molecular complexity index is 1110. The van der Waals surface area contributed by atoms with Crippen LogP contribution in [0.25, 0.3) is 0 Å². The van der Waals surface area contributed by atoms with Crippen LogP contribution >= 0.6 is 0 Å². The summed E-state index contributed by atoms with van der Waals surface area (Å²) in [7, 11) is 0. The third-order valence-corrected chi connectivity index (χ3v) is 5.79. The number of carbonyl (C=O) groups excluding carboxylic acids is 2. The maximum absolute atomic E-state index is 13.6. The van der Waals surface area contributed by atoms with Gasteiger partial charge < -0.3 is 33.1 Å². The first-order chi connectivity index (χ1) is 17.6. The SMILES string of the molecule is NC(N)=NCCCC(N=C(N)N)C(=O)C(Cc1ccc(O)cc1)C(=O)C[C@@H](Cc1ccccc1)C(=O)O. The van der Waals surface area contributed by atoms with E-state index >= 15 is 0 Å². The second kappa shape index (κ2) is 14.2. The van der Waals surface area contributed by atoms with Crippen molar-refractivity contribution in [3.63, 3.8) is 0 Å². The van der Waals surface area contributed by atoms with Crippen molar-refractivity contribution >= 4 is 29.5 Å². The Morgan fingerprint density at radius 2 is 1.46 bits per heavy atom. The first-order valence-corrected chi connectivity index (χ1v) is 11.8. The van der Waals surface area contributed by atoms with Gasteiger partial charge in [-0.2, -0.15) is 0 Å². The van der Waals surface area contributed by atoms with Gasteiger partial charge in [0.15, 0.2) is 17.7 Å². The highest BCUT2D eigenvalue weighted by molar-refractivity contribution is 6.06. The molecule has 2 rings (SSSR count). The molecular formula is C26H34N6O5. The Morgan fingerprint density at radius 1 is 0.838 bits per heavy atom. The number of Topliss-reactive ketones (excluding diaryl/α,β-unsaturated/α-hetero) is 2. The summed E-state index contributed by atoms with van der Waals surface area (Å²) in [6.45, 7) is 0.237. The number of phenolic OH excluding ortho intramolecular Hbond substituents is 1. The minimum atomic E-state index is -1.20. The summed E-state index contributed by atoms with van der Waals surface area (Å²) in [4.78, 5) is 47.0. The Kier molecular flexibility index (Phi) is 11.1. The lowest BCUT2D eigenvalue weighted by Gasteiger charge is -2.21. The Hall–Kier alpha value is -4.41. The van der Waals surface area contributed by atoms with Crippen molar-refractivity contribution in [2.24, 2.45) is 44.8 Å². The Morgan fingerprint density at radius 3 is 2.03 bits per heavy atom. The van der Waals surface area contributed by atoms with Crippen molar-refractivity contribution in [1.82, 2.24) is 0 Å². The number of guanidine groups is 2. The molecule has 10 N–H and O–H groups in total. The van der Waals surface area contributed by atoms with Gasteiger partial charge in [-0.25, -0.2) is 4.99 Å². The quantitative estimate of drug-likeness (QED) is 0.0858. The van der Waals surface area contributed by atoms with E-state index in [1.54, 1.807) is 36.4 Å². The van der Waals surface area contributed by atoms with Crippen LogP contribution in [0.15, 0.2) is 64.6 Å². The van der Waals surface area contributed by atoms with Crippen LogP contribution in [-0.4, -0.2) is 52.3 Å². The molecule has 0 aromatic heterocycles. The van der Waals surface area contributed by atoms with Crippen LogP contribution in [-0.2, 0) is 27.2 Å². The van der Waals surface area contributed by atoms with Crippen LogP contribution in [0.3, 0.4) is 0 Å². The monoisotopic (exact) mass is 510 g/mol. The van der Waals surface area contributed by atoms with Gasteiger partial charge in [-0.3, -0.25) is 19.4 Å². The third kappa shape index (κ3) is 10.0. The lowest BCUT2D eigenvalue weighted by atomic mass is 9.82. The molecule has 0 spiro atoms. The van der Waals surface area contributed by atoms with Gasteiger partial charge in [0, 0.05) is 13.0 Å². The summed E-state index contributed by atoms with van der Waals surface area (Å²) < 4.78 is 0. The molecular weight excluding hydrogens is 476 g/mol. The smallest absolute Gasteiger partial charge is 0.307 e. The predicted octanol–water partition coefficient (Wildman–Crippen LogP) is 0.718. The van der Waals surface area contributed by atoms with Crippen LogP contribution in [0.5, 0.6) is 5.75 Å². The zero-order chi connectivity index (χ0) is 27.4. The van der Waals surface area contributed by atoms with E-state index in [2.05, 4.69) is 9.98 Å². The number of nitrogens with two attached hydrogens (primary N) is 4. The summed E-state index contributed by atoms with van der Waals surface area (Å²) in [5.74, 6) is -4.78. The largest absolute Gasteiger partial charge is 0.508 e. The van der Waals surface area contributed by atoms with Gasteiger partial charge in [-0.15, -0.1) is 0 Å². The molecule has 3 atom stereocenters. The van der Waals surface area contributed by atoms with Gasteiger partial charge in [0.05, 0.1) is 11.8 Å². The van der Waals surface area contributed by atoms with Crippen LogP contribution < -0.4 is 22.9 Å².